The molecule has 1 aromatic carbocycles. The van der Waals surface area contributed by atoms with Crippen LogP contribution in [0.4, 0.5) is 4.39 Å². The molecule has 142 valence electrons. The number of nitrogens with zero attached hydrogens (tertiary/aromatic N) is 1. The third-order valence-corrected chi connectivity index (χ3v) is 5.71. The van der Waals surface area contributed by atoms with Crippen LogP contribution in [0, 0.1) is 5.82 Å². The van der Waals surface area contributed by atoms with Crippen LogP contribution in [0.1, 0.15) is 25.3 Å². The van der Waals surface area contributed by atoms with E-state index < -0.39 is 0 Å². The summed E-state index contributed by atoms with van der Waals surface area (Å²) in [5.41, 5.74) is 0.989. The molecular formula is C18H29FIN3OS. The second-order valence-corrected chi connectivity index (χ2v) is 7.28. The lowest BCUT2D eigenvalue weighted by Crippen LogP contribution is -2.41. The predicted molar refractivity (Wildman–Crippen MR) is 116 cm³/mol. The molecule has 0 atom stereocenters. The molecule has 25 heavy (non-hydrogen) atoms. The number of hydrogen-bond acceptors (Lipinski definition) is 3. The number of aliphatic imine (C=N–C) groups is 1. The fourth-order valence-electron chi connectivity index (χ4n) is 2.75. The van der Waals surface area contributed by atoms with Crippen LogP contribution in [-0.4, -0.2) is 49.8 Å². The van der Waals surface area contributed by atoms with E-state index >= 15 is 0 Å². The minimum atomic E-state index is -0.186. The van der Waals surface area contributed by atoms with Gasteiger partial charge >= 0.3 is 0 Å². The molecule has 1 fully saturated rings. The van der Waals surface area contributed by atoms with E-state index in [9.17, 15) is 4.39 Å². The fraction of sp³-hybridized carbons (Fsp3) is 0.611. The van der Waals surface area contributed by atoms with Gasteiger partial charge in [-0.15, -0.1) is 24.0 Å². The molecule has 1 aliphatic rings. The van der Waals surface area contributed by atoms with Crippen LogP contribution >= 0.6 is 35.7 Å². The first-order valence-corrected chi connectivity index (χ1v) is 9.79. The highest BCUT2D eigenvalue weighted by Crippen LogP contribution is 2.33. The number of thioether (sulfide) groups is 1. The number of halogens is 2. The zero-order chi connectivity index (χ0) is 17.3. The van der Waals surface area contributed by atoms with E-state index in [4.69, 9.17) is 9.73 Å². The summed E-state index contributed by atoms with van der Waals surface area (Å²) in [7, 11) is 0. The second-order valence-electron chi connectivity index (χ2n) is 6.00. The van der Waals surface area contributed by atoms with Crippen molar-refractivity contribution in [1.29, 1.82) is 0 Å². The van der Waals surface area contributed by atoms with E-state index in [0.29, 0.717) is 0 Å². The highest BCUT2D eigenvalue weighted by molar-refractivity contribution is 14.0. The van der Waals surface area contributed by atoms with Crippen molar-refractivity contribution >= 4 is 41.7 Å². The van der Waals surface area contributed by atoms with Gasteiger partial charge in [-0.2, -0.15) is 11.8 Å². The highest BCUT2D eigenvalue weighted by atomic mass is 127. The van der Waals surface area contributed by atoms with Gasteiger partial charge in [-0.05, 0) is 50.1 Å². The van der Waals surface area contributed by atoms with Gasteiger partial charge in [-0.25, -0.2) is 4.39 Å². The Morgan fingerprint density at radius 3 is 2.72 bits per heavy atom. The van der Waals surface area contributed by atoms with Gasteiger partial charge in [-0.3, -0.25) is 4.99 Å². The topological polar surface area (TPSA) is 45.7 Å². The number of guanidine groups is 1. The van der Waals surface area contributed by atoms with Crippen LogP contribution in [0.15, 0.2) is 29.3 Å². The van der Waals surface area contributed by atoms with Crippen molar-refractivity contribution in [3.63, 3.8) is 0 Å². The maximum absolute atomic E-state index is 13.2. The lowest BCUT2D eigenvalue weighted by atomic mass is 9.99. The Hall–Kier alpha value is -0.540. The molecule has 1 aromatic rings. The van der Waals surface area contributed by atoms with Gasteiger partial charge in [0.1, 0.15) is 5.82 Å². The quantitative estimate of drug-likeness (QED) is 0.356. The van der Waals surface area contributed by atoms with Crippen LogP contribution in [-0.2, 0) is 11.2 Å². The third-order valence-electron chi connectivity index (χ3n) is 4.30. The summed E-state index contributed by atoms with van der Waals surface area (Å²) in [6, 6.07) is 6.74. The Bertz CT molecular complexity index is 539. The molecule has 1 aliphatic heterocycles. The minimum Gasteiger partial charge on any atom is -0.381 e. The largest absolute Gasteiger partial charge is 0.381 e. The van der Waals surface area contributed by atoms with E-state index in [1.54, 1.807) is 12.1 Å². The summed E-state index contributed by atoms with van der Waals surface area (Å²) in [6.45, 7) is 6.03. The van der Waals surface area contributed by atoms with Crippen molar-refractivity contribution in [3.05, 3.63) is 35.6 Å². The predicted octanol–water partition coefficient (Wildman–Crippen LogP) is 3.45. The Labute approximate surface area is 171 Å². The van der Waals surface area contributed by atoms with Gasteiger partial charge in [0.25, 0.3) is 0 Å². The molecule has 2 rings (SSSR count). The highest BCUT2D eigenvalue weighted by Gasteiger charge is 2.31. The van der Waals surface area contributed by atoms with Crippen molar-refractivity contribution in [1.82, 2.24) is 10.6 Å². The molecule has 0 aliphatic carbocycles. The summed E-state index contributed by atoms with van der Waals surface area (Å²) in [5, 5.41) is 6.63. The molecule has 0 radical (unpaired) electrons. The summed E-state index contributed by atoms with van der Waals surface area (Å²) < 4.78 is 18.9. The SMILES string of the molecule is CCNC(=NCC1(SC)CCOCC1)NCCc1cccc(F)c1.I. The first-order chi connectivity index (χ1) is 11.7. The van der Waals surface area contributed by atoms with E-state index in [1.165, 1.54) is 6.07 Å². The molecule has 1 heterocycles. The summed E-state index contributed by atoms with van der Waals surface area (Å²) in [6.07, 6.45) is 5.01. The molecule has 0 spiro atoms. The summed E-state index contributed by atoms with van der Waals surface area (Å²) in [5.74, 6) is 0.642. The number of hydrogen-bond donors (Lipinski definition) is 2. The fourth-order valence-corrected chi connectivity index (χ4v) is 3.52. The van der Waals surface area contributed by atoms with E-state index in [0.717, 1.165) is 63.6 Å². The second kappa shape index (κ2) is 12.0. The average molecular weight is 481 g/mol. The molecule has 0 saturated carbocycles. The van der Waals surface area contributed by atoms with Gasteiger partial charge in [0, 0.05) is 31.1 Å². The lowest BCUT2D eigenvalue weighted by molar-refractivity contribution is 0.0794. The standard InChI is InChI=1S/C18H28FN3OS.HI/c1-3-20-17(21-10-7-15-5-4-6-16(19)13-15)22-14-18(24-2)8-11-23-12-9-18;/h4-6,13H,3,7-12,14H2,1-2H3,(H2,20,21,22);1H. The van der Waals surface area contributed by atoms with Crippen molar-refractivity contribution in [2.45, 2.75) is 30.9 Å². The van der Waals surface area contributed by atoms with Crippen LogP contribution < -0.4 is 10.6 Å². The Morgan fingerprint density at radius 2 is 2.08 bits per heavy atom. The van der Waals surface area contributed by atoms with Gasteiger partial charge in [0.05, 0.1) is 6.54 Å². The van der Waals surface area contributed by atoms with E-state index in [2.05, 4.69) is 23.8 Å². The van der Waals surface area contributed by atoms with Crippen molar-refractivity contribution in [2.24, 2.45) is 4.99 Å². The molecule has 0 bridgehead atoms. The van der Waals surface area contributed by atoms with Crippen LogP contribution in [0.2, 0.25) is 0 Å². The average Bonchev–Trinajstić information content (AvgIpc) is 2.60. The zero-order valence-corrected chi connectivity index (χ0v) is 18.2. The lowest BCUT2D eigenvalue weighted by Gasteiger charge is -2.34. The molecule has 7 heteroatoms. The molecule has 0 unspecified atom stereocenters. The maximum Gasteiger partial charge on any atom is 0.191 e. The van der Waals surface area contributed by atoms with E-state index in [-0.39, 0.29) is 34.5 Å². The normalized spacial score (nSPS) is 16.8. The summed E-state index contributed by atoms with van der Waals surface area (Å²) >= 11 is 1.89. The first-order valence-electron chi connectivity index (χ1n) is 8.57. The number of ether oxygens (including phenoxy) is 1. The third kappa shape index (κ3) is 7.70. The minimum absolute atomic E-state index is 0. The van der Waals surface area contributed by atoms with Crippen molar-refractivity contribution in [2.75, 3.05) is 39.1 Å². The smallest absolute Gasteiger partial charge is 0.191 e. The number of benzene rings is 1. The van der Waals surface area contributed by atoms with Gasteiger partial charge < -0.3 is 15.4 Å². The van der Waals surface area contributed by atoms with Gasteiger partial charge in [-0.1, -0.05) is 12.1 Å². The Kier molecular flexibility index (Phi) is 10.8. The van der Waals surface area contributed by atoms with Crippen LogP contribution in [0.3, 0.4) is 0 Å². The van der Waals surface area contributed by atoms with Crippen molar-refractivity contribution in [3.8, 4) is 0 Å². The molecule has 0 aromatic heterocycles. The maximum atomic E-state index is 13.2. The molecule has 0 amide bonds. The molecule has 2 N–H and O–H groups in total. The Balaban J connectivity index is 0.00000312. The zero-order valence-electron chi connectivity index (χ0n) is 15.0. The molecule has 1 saturated heterocycles. The monoisotopic (exact) mass is 481 g/mol. The van der Waals surface area contributed by atoms with Crippen LogP contribution in [0.5, 0.6) is 0 Å². The summed E-state index contributed by atoms with van der Waals surface area (Å²) in [4.78, 5) is 4.77. The van der Waals surface area contributed by atoms with Crippen LogP contribution in [0.25, 0.3) is 0 Å². The van der Waals surface area contributed by atoms with Gasteiger partial charge in [0.15, 0.2) is 5.96 Å². The van der Waals surface area contributed by atoms with Crippen molar-refractivity contribution < 1.29 is 9.13 Å². The number of nitrogens with one attached hydrogen (secondary N) is 2. The Morgan fingerprint density at radius 1 is 1.32 bits per heavy atom. The van der Waals surface area contributed by atoms with E-state index in [1.807, 2.05) is 17.8 Å². The molecule has 4 nitrogen and oxygen atoms in total. The van der Waals surface area contributed by atoms with Gasteiger partial charge in [0.2, 0.25) is 0 Å². The number of rotatable bonds is 7. The molecular weight excluding hydrogens is 452 g/mol. The first kappa shape index (κ1) is 22.5.